The van der Waals surface area contributed by atoms with Crippen molar-refractivity contribution in [3.05, 3.63) is 50.6 Å². The fraction of sp³-hybridized carbons (Fsp3) is 0.389. The second-order valence-corrected chi connectivity index (χ2v) is 7.77. The summed E-state index contributed by atoms with van der Waals surface area (Å²) >= 11 is 13.5. The van der Waals surface area contributed by atoms with Gasteiger partial charge in [0.2, 0.25) is 0 Å². The molecule has 0 aliphatic carbocycles. The molecule has 5 nitrogen and oxygen atoms in total. The summed E-state index contributed by atoms with van der Waals surface area (Å²) in [6.45, 7) is 1.18. The highest BCUT2D eigenvalue weighted by Gasteiger charge is 2.30. The Bertz CT molecular complexity index is 741. The molecular formula is C18H19Cl2NO4S. The number of benzene rings is 1. The first kappa shape index (κ1) is 19.5. The second-order valence-electron chi connectivity index (χ2n) is 5.95. The maximum absolute atomic E-state index is 12.6. The van der Waals surface area contributed by atoms with Gasteiger partial charge in [0.15, 0.2) is 6.61 Å². The van der Waals surface area contributed by atoms with Gasteiger partial charge in [-0.1, -0.05) is 29.3 Å². The van der Waals surface area contributed by atoms with Crippen molar-refractivity contribution < 1.29 is 19.4 Å². The predicted molar refractivity (Wildman–Crippen MR) is 102 cm³/mol. The lowest BCUT2D eigenvalue weighted by Crippen LogP contribution is -2.50. The zero-order valence-corrected chi connectivity index (χ0v) is 16.3. The zero-order chi connectivity index (χ0) is 18.5. The number of aliphatic hydroxyl groups excluding tert-OH is 1. The molecule has 3 rings (SSSR count). The van der Waals surface area contributed by atoms with Crippen LogP contribution in [0, 0.1) is 0 Å². The molecule has 1 aromatic carbocycles. The summed E-state index contributed by atoms with van der Waals surface area (Å²) in [6, 6.07) is 8.43. The Labute approximate surface area is 166 Å². The van der Waals surface area contributed by atoms with E-state index >= 15 is 0 Å². The van der Waals surface area contributed by atoms with Gasteiger partial charge in [0, 0.05) is 28.9 Å². The van der Waals surface area contributed by atoms with Crippen LogP contribution in [-0.2, 0) is 9.53 Å². The van der Waals surface area contributed by atoms with E-state index in [9.17, 15) is 9.90 Å². The SMILES string of the molecule is O=C(COc1cc(Cl)ccc1Cl)N1CCOC[C@@H]1C[C@@H](O)c1cccs1. The largest absolute Gasteiger partial charge is 0.482 e. The van der Waals surface area contributed by atoms with Gasteiger partial charge in [-0.15, -0.1) is 11.3 Å². The molecule has 0 unspecified atom stereocenters. The third-order valence-corrected chi connectivity index (χ3v) is 5.68. The maximum atomic E-state index is 12.6. The van der Waals surface area contributed by atoms with Gasteiger partial charge in [-0.05, 0) is 23.6 Å². The summed E-state index contributed by atoms with van der Waals surface area (Å²) in [4.78, 5) is 15.2. The van der Waals surface area contributed by atoms with Crippen molar-refractivity contribution in [3.8, 4) is 5.75 Å². The van der Waals surface area contributed by atoms with Gasteiger partial charge in [-0.25, -0.2) is 0 Å². The van der Waals surface area contributed by atoms with Crippen LogP contribution in [0.15, 0.2) is 35.7 Å². The van der Waals surface area contributed by atoms with Crippen LogP contribution in [0.3, 0.4) is 0 Å². The topological polar surface area (TPSA) is 59.0 Å². The molecule has 0 saturated carbocycles. The minimum Gasteiger partial charge on any atom is -0.482 e. The fourth-order valence-electron chi connectivity index (χ4n) is 2.84. The molecule has 1 saturated heterocycles. The molecule has 140 valence electrons. The van der Waals surface area contributed by atoms with Gasteiger partial charge < -0.3 is 19.5 Å². The summed E-state index contributed by atoms with van der Waals surface area (Å²) in [5.41, 5.74) is 0. The van der Waals surface area contributed by atoms with Crippen molar-refractivity contribution in [2.45, 2.75) is 18.6 Å². The van der Waals surface area contributed by atoms with E-state index in [-0.39, 0.29) is 18.6 Å². The summed E-state index contributed by atoms with van der Waals surface area (Å²) in [6.07, 6.45) is -0.204. The van der Waals surface area contributed by atoms with Gasteiger partial charge in [-0.3, -0.25) is 4.79 Å². The monoisotopic (exact) mass is 415 g/mol. The molecule has 1 aliphatic heterocycles. The molecule has 0 spiro atoms. The Morgan fingerprint density at radius 2 is 2.27 bits per heavy atom. The average Bonchev–Trinajstić information content (AvgIpc) is 3.17. The van der Waals surface area contributed by atoms with Gasteiger partial charge >= 0.3 is 0 Å². The van der Waals surface area contributed by atoms with E-state index in [1.165, 1.54) is 11.3 Å². The van der Waals surface area contributed by atoms with Crippen LogP contribution in [0.1, 0.15) is 17.4 Å². The highest BCUT2D eigenvalue weighted by Crippen LogP contribution is 2.28. The lowest BCUT2D eigenvalue weighted by molar-refractivity contribution is -0.143. The molecule has 2 aromatic rings. The lowest BCUT2D eigenvalue weighted by atomic mass is 10.1. The predicted octanol–water partition coefficient (Wildman–Crippen LogP) is 3.78. The number of hydrogen-bond acceptors (Lipinski definition) is 5. The summed E-state index contributed by atoms with van der Waals surface area (Å²) in [7, 11) is 0. The quantitative estimate of drug-likeness (QED) is 0.779. The van der Waals surface area contributed by atoms with Crippen molar-refractivity contribution in [1.82, 2.24) is 4.90 Å². The van der Waals surface area contributed by atoms with Crippen LogP contribution in [0.2, 0.25) is 10.0 Å². The third kappa shape index (κ3) is 4.90. The number of carbonyl (C=O) groups is 1. The van der Waals surface area contributed by atoms with Gasteiger partial charge in [0.1, 0.15) is 5.75 Å². The summed E-state index contributed by atoms with van der Waals surface area (Å²) in [5, 5.41) is 13.2. The van der Waals surface area contributed by atoms with Gasteiger partial charge in [0.25, 0.3) is 5.91 Å². The van der Waals surface area contributed by atoms with Gasteiger partial charge in [0.05, 0.1) is 30.4 Å². The second kappa shape index (κ2) is 9.06. The molecule has 1 aliphatic rings. The Morgan fingerprint density at radius 1 is 1.42 bits per heavy atom. The summed E-state index contributed by atoms with van der Waals surface area (Å²) in [5.74, 6) is 0.198. The molecule has 2 atom stereocenters. The normalized spacial score (nSPS) is 18.6. The Balaban J connectivity index is 1.61. The van der Waals surface area contributed by atoms with Crippen molar-refractivity contribution in [2.24, 2.45) is 0 Å². The number of carbonyl (C=O) groups excluding carboxylic acids is 1. The number of hydrogen-bond donors (Lipinski definition) is 1. The third-order valence-electron chi connectivity index (χ3n) is 4.16. The standard InChI is InChI=1S/C18H19Cl2NO4S/c19-12-3-4-14(20)16(8-12)25-11-18(23)21-5-6-24-10-13(21)9-15(22)17-2-1-7-26-17/h1-4,7-8,13,15,22H,5-6,9-11H2/t13-,15+/m0/s1. The lowest BCUT2D eigenvalue weighted by Gasteiger charge is -2.36. The van der Waals surface area contributed by atoms with Crippen molar-refractivity contribution in [2.75, 3.05) is 26.4 Å². The molecule has 1 amide bonds. The smallest absolute Gasteiger partial charge is 0.260 e. The molecule has 0 bridgehead atoms. The number of thiophene rings is 1. The number of halogens is 2. The minimum atomic E-state index is -0.625. The Kier molecular flexibility index (Phi) is 6.78. The highest BCUT2D eigenvalue weighted by molar-refractivity contribution is 7.10. The highest BCUT2D eigenvalue weighted by atomic mass is 35.5. The van der Waals surface area contributed by atoms with E-state index < -0.39 is 6.10 Å². The van der Waals surface area contributed by atoms with E-state index in [2.05, 4.69) is 0 Å². The van der Waals surface area contributed by atoms with E-state index in [0.717, 1.165) is 4.88 Å². The molecule has 8 heteroatoms. The summed E-state index contributed by atoms with van der Waals surface area (Å²) < 4.78 is 11.0. The van der Waals surface area contributed by atoms with E-state index in [0.29, 0.717) is 42.0 Å². The van der Waals surface area contributed by atoms with Crippen molar-refractivity contribution in [1.29, 1.82) is 0 Å². The Morgan fingerprint density at radius 3 is 3.04 bits per heavy atom. The molecule has 1 fully saturated rings. The number of aliphatic hydroxyl groups is 1. The van der Waals surface area contributed by atoms with Gasteiger partial charge in [-0.2, -0.15) is 0 Å². The van der Waals surface area contributed by atoms with Crippen LogP contribution in [0.25, 0.3) is 0 Å². The number of ether oxygens (including phenoxy) is 2. The maximum Gasteiger partial charge on any atom is 0.260 e. The van der Waals surface area contributed by atoms with Crippen LogP contribution >= 0.6 is 34.5 Å². The van der Waals surface area contributed by atoms with E-state index in [1.54, 1.807) is 23.1 Å². The number of amides is 1. The van der Waals surface area contributed by atoms with Crippen LogP contribution < -0.4 is 4.74 Å². The molecule has 1 aromatic heterocycles. The molecule has 0 radical (unpaired) electrons. The van der Waals surface area contributed by atoms with Crippen LogP contribution in [0.4, 0.5) is 0 Å². The Hall–Kier alpha value is -1.31. The zero-order valence-electron chi connectivity index (χ0n) is 13.9. The first-order valence-corrected chi connectivity index (χ1v) is 9.84. The molecule has 2 heterocycles. The first-order valence-electron chi connectivity index (χ1n) is 8.21. The minimum absolute atomic E-state index is 0.147. The number of rotatable bonds is 6. The van der Waals surface area contributed by atoms with Crippen LogP contribution in [-0.4, -0.2) is 48.3 Å². The average molecular weight is 416 g/mol. The van der Waals surface area contributed by atoms with Crippen LogP contribution in [0.5, 0.6) is 5.75 Å². The number of morpholine rings is 1. The molecular weight excluding hydrogens is 397 g/mol. The van der Waals surface area contributed by atoms with E-state index in [4.69, 9.17) is 32.7 Å². The molecule has 26 heavy (non-hydrogen) atoms. The first-order chi connectivity index (χ1) is 12.5. The van der Waals surface area contributed by atoms with E-state index in [1.807, 2.05) is 17.5 Å². The number of nitrogens with zero attached hydrogens (tertiary/aromatic N) is 1. The molecule has 1 N–H and O–H groups in total. The van der Waals surface area contributed by atoms with Crippen molar-refractivity contribution in [3.63, 3.8) is 0 Å². The fourth-order valence-corrected chi connectivity index (χ4v) is 3.90. The van der Waals surface area contributed by atoms with Crippen molar-refractivity contribution >= 4 is 40.4 Å².